The van der Waals surface area contributed by atoms with Gasteiger partial charge in [0.15, 0.2) is 0 Å². The van der Waals surface area contributed by atoms with Gasteiger partial charge < -0.3 is 11.5 Å². The van der Waals surface area contributed by atoms with Gasteiger partial charge >= 0.3 is 0 Å². The first-order valence-corrected chi connectivity index (χ1v) is 3.79. The normalized spacial score (nSPS) is 16.7. The van der Waals surface area contributed by atoms with Gasteiger partial charge in [-0.1, -0.05) is 0 Å². The van der Waals surface area contributed by atoms with Crippen LogP contribution in [-0.2, 0) is 0 Å². The first-order chi connectivity index (χ1) is 5.29. The van der Waals surface area contributed by atoms with E-state index in [1.807, 2.05) is 6.07 Å². The molecule has 1 saturated carbocycles. The molecular formula is C8H11N3. The summed E-state index contributed by atoms with van der Waals surface area (Å²) < 4.78 is 0. The summed E-state index contributed by atoms with van der Waals surface area (Å²) in [7, 11) is 0. The van der Waals surface area contributed by atoms with Crippen molar-refractivity contribution in [3.05, 3.63) is 17.8 Å². The first-order valence-electron chi connectivity index (χ1n) is 3.79. The van der Waals surface area contributed by atoms with E-state index in [0.29, 0.717) is 17.4 Å². The Kier molecular flexibility index (Phi) is 1.24. The molecule has 0 radical (unpaired) electrons. The molecule has 1 heterocycles. The lowest BCUT2D eigenvalue weighted by molar-refractivity contribution is 1.12. The van der Waals surface area contributed by atoms with Crippen molar-refractivity contribution >= 4 is 11.5 Å². The standard InChI is InChI=1S/C8H11N3/c9-7-6(5-1-2-5)3-4-11-8(7)10/h3-5H,1-2,9H2,(H2,10,11). The predicted octanol–water partition coefficient (Wildman–Crippen LogP) is 1.12. The Morgan fingerprint density at radius 1 is 1.36 bits per heavy atom. The third kappa shape index (κ3) is 1.02. The Morgan fingerprint density at radius 2 is 2.09 bits per heavy atom. The molecule has 0 amide bonds. The molecule has 0 aliphatic heterocycles. The number of nitrogens with zero attached hydrogens (tertiary/aromatic N) is 1. The molecule has 0 atom stereocenters. The highest BCUT2D eigenvalue weighted by Crippen LogP contribution is 2.43. The number of nitrogens with two attached hydrogens (primary N) is 2. The molecule has 0 unspecified atom stereocenters. The number of hydrogen-bond donors (Lipinski definition) is 2. The maximum Gasteiger partial charge on any atom is 0.146 e. The molecule has 1 aliphatic rings. The largest absolute Gasteiger partial charge is 0.396 e. The van der Waals surface area contributed by atoms with E-state index < -0.39 is 0 Å². The van der Waals surface area contributed by atoms with Gasteiger partial charge in [0.2, 0.25) is 0 Å². The fourth-order valence-corrected chi connectivity index (χ4v) is 1.26. The quantitative estimate of drug-likeness (QED) is 0.629. The highest BCUT2D eigenvalue weighted by atomic mass is 14.9. The highest BCUT2D eigenvalue weighted by molar-refractivity contribution is 5.64. The molecule has 1 fully saturated rings. The maximum absolute atomic E-state index is 5.74. The van der Waals surface area contributed by atoms with Crippen molar-refractivity contribution in [1.82, 2.24) is 4.98 Å². The van der Waals surface area contributed by atoms with E-state index in [1.54, 1.807) is 6.20 Å². The highest BCUT2D eigenvalue weighted by Gasteiger charge is 2.25. The second kappa shape index (κ2) is 2.12. The van der Waals surface area contributed by atoms with Crippen LogP contribution >= 0.6 is 0 Å². The molecule has 4 N–H and O–H groups in total. The Hall–Kier alpha value is -1.25. The van der Waals surface area contributed by atoms with Crippen LogP contribution in [0, 0.1) is 0 Å². The number of hydrogen-bond acceptors (Lipinski definition) is 3. The minimum absolute atomic E-state index is 0.467. The third-order valence-electron chi connectivity index (χ3n) is 2.07. The van der Waals surface area contributed by atoms with Crippen molar-refractivity contribution in [2.24, 2.45) is 0 Å². The average Bonchev–Trinajstić information content (AvgIpc) is 2.77. The molecule has 11 heavy (non-hydrogen) atoms. The lowest BCUT2D eigenvalue weighted by Gasteiger charge is -2.04. The zero-order valence-electron chi connectivity index (χ0n) is 6.25. The van der Waals surface area contributed by atoms with Crippen molar-refractivity contribution in [2.75, 3.05) is 11.5 Å². The summed E-state index contributed by atoms with van der Waals surface area (Å²) in [4.78, 5) is 3.90. The fourth-order valence-electron chi connectivity index (χ4n) is 1.26. The molecule has 58 valence electrons. The second-order valence-electron chi connectivity index (χ2n) is 2.97. The number of rotatable bonds is 1. The van der Waals surface area contributed by atoms with Crippen molar-refractivity contribution in [3.8, 4) is 0 Å². The van der Waals surface area contributed by atoms with Crippen LogP contribution in [0.3, 0.4) is 0 Å². The third-order valence-corrected chi connectivity index (χ3v) is 2.07. The fraction of sp³-hybridized carbons (Fsp3) is 0.375. The molecule has 1 aromatic heterocycles. The molecule has 2 rings (SSSR count). The minimum Gasteiger partial charge on any atom is -0.396 e. The van der Waals surface area contributed by atoms with Gasteiger partial charge in [-0.15, -0.1) is 0 Å². The second-order valence-corrected chi connectivity index (χ2v) is 2.97. The van der Waals surface area contributed by atoms with E-state index >= 15 is 0 Å². The van der Waals surface area contributed by atoms with Gasteiger partial charge in [0.1, 0.15) is 5.82 Å². The van der Waals surface area contributed by atoms with Crippen LogP contribution in [-0.4, -0.2) is 4.98 Å². The van der Waals surface area contributed by atoms with Gasteiger partial charge in [0, 0.05) is 6.20 Å². The molecule has 0 bridgehead atoms. The molecular weight excluding hydrogens is 138 g/mol. The number of nitrogen functional groups attached to an aromatic ring is 2. The van der Waals surface area contributed by atoms with Crippen LogP contribution in [0.25, 0.3) is 0 Å². The molecule has 0 spiro atoms. The first kappa shape index (κ1) is 6.46. The Balaban J connectivity index is 2.45. The zero-order chi connectivity index (χ0) is 7.84. The molecule has 1 aromatic rings. The SMILES string of the molecule is Nc1nccc(C2CC2)c1N. The predicted molar refractivity (Wildman–Crippen MR) is 45.0 cm³/mol. The van der Waals surface area contributed by atoms with Gasteiger partial charge in [-0.05, 0) is 30.4 Å². The minimum atomic E-state index is 0.467. The van der Waals surface area contributed by atoms with Crippen molar-refractivity contribution in [3.63, 3.8) is 0 Å². The van der Waals surface area contributed by atoms with E-state index in [0.717, 1.165) is 0 Å². The van der Waals surface area contributed by atoms with Crippen LogP contribution in [0.1, 0.15) is 24.3 Å². The number of aromatic nitrogens is 1. The van der Waals surface area contributed by atoms with Crippen LogP contribution in [0.15, 0.2) is 12.3 Å². The Bertz CT molecular complexity index is 279. The topological polar surface area (TPSA) is 64.9 Å². The van der Waals surface area contributed by atoms with Crippen molar-refractivity contribution < 1.29 is 0 Å². The van der Waals surface area contributed by atoms with Gasteiger partial charge in [-0.2, -0.15) is 0 Å². The van der Waals surface area contributed by atoms with Crippen molar-refractivity contribution in [2.45, 2.75) is 18.8 Å². The van der Waals surface area contributed by atoms with Crippen LogP contribution in [0.2, 0.25) is 0 Å². The van der Waals surface area contributed by atoms with Crippen LogP contribution < -0.4 is 11.5 Å². The summed E-state index contributed by atoms with van der Waals surface area (Å²) >= 11 is 0. The Morgan fingerprint density at radius 3 is 2.73 bits per heavy atom. The van der Waals surface area contributed by atoms with E-state index in [9.17, 15) is 0 Å². The van der Waals surface area contributed by atoms with Crippen LogP contribution in [0.4, 0.5) is 11.5 Å². The van der Waals surface area contributed by atoms with Crippen molar-refractivity contribution in [1.29, 1.82) is 0 Å². The lowest BCUT2D eigenvalue weighted by Crippen LogP contribution is -2.00. The average molecular weight is 149 g/mol. The number of pyridine rings is 1. The van der Waals surface area contributed by atoms with E-state index in [4.69, 9.17) is 11.5 Å². The van der Waals surface area contributed by atoms with E-state index in [2.05, 4.69) is 4.98 Å². The summed E-state index contributed by atoms with van der Waals surface area (Å²) in [6.45, 7) is 0. The van der Waals surface area contributed by atoms with E-state index in [1.165, 1.54) is 18.4 Å². The molecule has 0 saturated heterocycles. The zero-order valence-corrected chi connectivity index (χ0v) is 6.25. The number of anilines is 2. The smallest absolute Gasteiger partial charge is 0.146 e. The van der Waals surface area contributed by atoms with Crippen LogP contribution in [0.5, 0.6) is 0 Å². The molecule has 1 aliphatic carbocycles. The molecule has 0 aromatic carbocycles. The summed E-state index contributed by atoms with van der Waals surface area (Å²) in [5.41, 5.74) is 13.1. The Labute approximate surface area is 65.4 Å². The molecule has 3 nitrogen and oxygen atoms in total. The van der Waals surface area contributed by atoms with Gasteiger partial charge in [-0.25, -0.2) is 4.98 Å². The summed E-state index contributed by atoms with van der Waals surface area (Å²) in [6, 6.07) is 1.96. The maximum atomic E-state index is 5.74. The summed E-state index contributed by atoms with van der Waals surface area (Å²) in [5, 5.41) is 0. The monoisotopic (exact) mass is 149 g/mol. The van der Waals surface area contributed by atoms with Gasteiger partial charge in [-0.3, -0.25) is 0 Å². The summed E-state index contributed by atoms with van der Waals surface area (Å²) in [5.74, 6) is 1.12. The summed E-state index contributed by atoms with van der Waals surface area (Å²) in [6.07, 6.45) is 4.21. The molecule has 3 heteroatoms. The van der Waals surface area contributed by atoms with E-state index in [-0.39, 0.29) is 0 Å². The lowest BCUT2D eigenvalue weighted by atomic mass is 10.1. The van der Waals surface area contributed by atoms with Gasteiger partial charge in [0.05, 0.1) is 5.69 Å². The van der Waals surface area contributed by atoms with Gasteiger partial charge in [0.25, 0.3) is 0 Å².